The maximum absolute atomic E-state index is 9.17. The summed E-state index contributed by atoms with van der Waals surface area (Å²) < 4.78 is 0. The van der Waals surface area contributed by atoms with Crippen molar-refractivity contribution in [2.24, 2.45) is 5.84 Å². The van der Waals surface area contributed by atoms with Gasteiger partial charge in [-0.2, -0.15) is 5.26 Å². The topological polar surface area (TPSA) is 82.1 Å². The summed E-state index contributed by atoms with van der Waals surface area (Å²) in [5.74, 6) is 5.01. The van der Waals surface area contributed by atoms with Crippen LogP contribution >= 0.6 is 0 Å². The van der Waals surface area contributed by atoms with Crippen molar-refractivity contribution >= 4 is 0 Å². The summed E-state index contributed by atoms with van der Waals surface area (Å²) in [7, 11) is 0. The Balaban J connectivity index is 2.86. The lowest BCUT2D eigenvalue weighted by atomic mass is 10.1. The van der Waals surface area contributed by atoms with Crippen molar-refractivity contribution in [3.05, 3.63) is 35.4 Å². The van der Waals surface area contributed by atoms with Gasteiger partial charge in [0.25, 0.3) is 0 Å². The maximum Gasteiger partial charge on any atom is 0.143 e. The van der Waals surface area contributed by atoms with Crippen molar-refractivity contribution < 1.29 is 5.11 Å². The molecule has 0 fully saturated rings. The standard InChI is InChI=1S/C8H9N3O/c9-5-6-1-3-7(4-2-6)8(12)11-10/h1-4,8,11-12H,10H2. The second-order valence-electron chi connectivity index (χ2n) is 2.30. The summed E-state index contributed by atoms with van der Waals surface area (Å²) in [6, 6.07) is 8.50. The van der Waals surface area contributed by atoms with E-state index in [1.165, 1.54) is 0 Å². The lowest BCUT2D eigenvalue weighted by molar-refractivity contribution is 0.140. The molecule has 0 aromatic heterocycles. The van der Waals surface area contributed by atoms with E-state index in [0.717, 1.165) is 0 Å². The Hall–Kier alpha value is -1.41. The SMILES string of the molecule is N#Cc1ccc(C(O)NN)cc1. The van der Waals surface area contributed by atoms with E-state index < -0.39 is 6.23 Å². The van der Waals surface area contributed by atoms with E-state index in [2.05, 4.69) is 5.43 Å². The smallest absolute Gasteiger partial charge is 0.143 e. The second kappa shape index (κ2) is 3.83. The number of rotatable bonds is 2. The first-order valence-electron chi connectivity index (χ1n) is 3.42. The van der Waals surface area contributed by atoms with Crippen molar-refractivity contribution in [2.45, 2.75) is 6.23 Å². The number of nitrogens with one attached hydrogen (secondary N) is 1. The Morgan fingerprint density at radius 3 is 2.42 bits per heavy atom. The van der Waals surface area contributed by atoms with Gasteiger partial charge in [-0.1, -0.05) is 12.1 Å². The molecule has 4 nitrogen and oxygen atoms in total. The van der Waals surface area contributed by atoms with Crippen LogP contribution in [-0.2, 0) is 0 Å². The Morgan fingerprint density at radius 1 is 1.42 bits per heavy atom. The fourth-order valence-corrected chi connectivity index (χ4v) is 0.836. The van der Waals surface area contributed by atoms with Gasteiger partial charge in [-0.05, 0) is 17.7 Å². The van der Waals surface area contributed by atoms with Gasteiger partial charge in [0.1, 0.15) is 6.23 Å². The molecule has 0 aliphatic rings. The minimum Gasteiger partial charge on any atom is -0.373 e. The van der Waals surface area contributed by atoms with E-state index in [1.54, 1.807) is 24.3 Å². The number of nitriles is 1. The van der Waals surface area contributed by atoms with Gasteiger partial charge >= 0.3 is 0 Å². The molecule has 0 heterocycles. The number of nitrogens with zero attached hydrogens (tertiary/aromatic N) is 1. The van der Waals surface area contributed by atoms with Crippen LogP contribution < -0.4 is 11.3 Å². The van der Waals surface area contributed by atoms with Crippen LogP contribution in [0.25, 0.3) is 0 Å². The zero-order chi connectivity index (χ0) is 8.97. The van der Waals surface area contributed by atoms with Crippen LogP contribution in [0, 0.1) is 11.3 Å². The molecule has 1 atom stereocenters. The molecular weight excluding hydrogens is 154 g/mol. The fraction of sp³-hybridized carbons (Fsp3) is 0.125. The van der Waals surface area contributed by atoms with Gasteiger partial charge in [-0.3, -0.25) is 5.84 Å². The van der Waals surface area contributed by atoms with Crippen LogP contribution in [0.15, 0.2) is 24.3 Å². The Morgan fingerprint density at radius 2 is 2.00 bits per heavy atom. The highest BCUT2D eigenvalue weighted by atomic mass is 16.3. The summed E-state index contributed by atoms with van der Waals surface area (Å²) >= 11 is 0. The molecule has 0 bridgehead atoms. The molecule has 0 radical (unpaired) electrons. The van der Waals surface area contributed by atoms with Crippen molar-refractivity contribution in [3.63, 3.8) is 0 Å². The van der Waals surface area contributed by atoms with Gasteiger partial charge in [0.15, 0.2) is 0 Å². The van der Waals surface area contributed by atoms with Gasteiger partial charge in [0.05, 0.1) is 11.6 Å². The molecule has 0 aliphatic carbocycles. The molecule has 1 aromatic rings. The number of hydrogen-bond acceptors (Lipinski definition) is 4. The fourth-order valence-electron chi connectivity index (χ4n) is 0.836. The molecule has 1 rings (SSSR count). The minimum absolute atomic E-state index is 0.558. The van der Waals surface area contributed by atoms with Crippen LogP contribution in [0.1, 0.15) is 17.4 Å². The first kappa shape index (κ1) is 8.68. The van der Waals surface area contributed by atoms with Crippen molar-refractivity contribution in [1.82, 2.24) is 5.43 Å². The number of hydrogen-bond donors (Lipinski definition) is 3. The quantitative estimate of drug-likeness (QED) is 0.326. The summed E-state index contributed by atoms with van der Waals surface area (Å²) in [6.45, 7) is 0. The number of benzene rings is 1. The first-order valence-corrected chi connectivity index (χ1v) is 3.42. The monoisotopic (exact) mass is 163 g/mol. The molecule has 62 valence electrons. The number of aliphatic hydroxyl groups excluding tert-OH is 1. The number of hydrazine groups is 1. The number of aliphatic hydroxyl groups is 1. The molecule has 0 saturated heterocycles. The Labute approximate surface area is 70.2 Å². The van der Waals surface area contributed by atoms with Gasteiger partial charge < -0.3 is 5.11 Å². The molecule has 0 amide bonds. The molecule has 0 spiro atoms. The summed E-state index contributed by atoms with van der Waals surface area (Å²) in [6.07, 6.45) is -0.877. The van der Waals surface area contributed by atoms with E-state index in [1.807, 2.05) is 6.07 Å². The molecule has 12 heavy (non-hydrogen) atoms. The third-order valence-corrected chi connectivity index (χ3v) is 1.51. The highest BCUT2D eigenvalue weighted by molar-refractivity contribution is 5.32. The van der Waals surface area contributed by atoms with Crippen LogP contribution in [-0.4, -0.2) is 5.11 Å². The van der Waals surface area contributed by atoms with Crippen LogP contribution in [0.3, 0.4) is 0 Å². The van der Waals surface area contributed by atoms with Crippen molar-refractivity contribution in [1.29, 1.82) is 5.26 Å². The van der Waals surface area contributed by atoms with Crippen LogP contribution in [0.4, 0.5) is 0 Å². The van der Waals surface area contributed by atoms with Gasteiger partial charge in [0.2, 0.25) is 0 Å². The lowest BCUT2D eigenvalue weighted by Gasteiger charge is -2.07. The maximum atomic E-state index is 9.17. The molecule has 4 N–H and O–H groups in total. The summed E-state index contributed by atoms with van der Waals surface area (Å²) in [5.41, 5.74) is 3.39. The van der Waals surface area contributed by atoms with Crippen molar-refractivity contribution in [3.8, 4) is 6.07 Å². The van der Waals surface area contributed by atoms with Crippen molar-refractivity contribution in [2.75, 3.05) is 0 Å². The zero-order valence-corrected chi connectivity index (χ0v) is 6.36. The molecule has 1 unspecified atom stereocenters. The number of nitrogens with two attached hydrogens (primary N) is 1. The lowest BCUT2D eigenvalue weighted by Crippen LogP contribution is -2.27. The second-order valence-corrected chi connectivity index (χ2v) is 2.30. The molecule has 1 aromatic carbocycles. The van der Waals surface area contributed by atoms with E-state index in [-0.39, 0.29) is 0 Å². The van der Waals surface area contributed by atoms with E-state index >= 15 is 0 Å². The Kier molecular flexibility index (Phi) is 2.77. The molecule has 0 aliphatic heterocycles. The zero-order valence-electron chi connectivity index (χ0n) is 6.36. The van der Waals surface area contributed by atoms with E-state index in [4.69, 9.17) is 11.1 Å². The third kappa shape index (κ3) is 1.80. The average molecular weight is 163 g/mol. The highest BCUT2D eigenvalue weighted by Crippen LogP contribution is 2.09. The normalized spacial score (nSPS) is 12.1. The predicted octanol–water partition coefficient (Wildman–Crippen LogP) is 0.0125. The van der Waals surface area contributed by atoms with Crippen LogP contribution in [0.5, 0.6) is 0 Å². The van der Waals surface area contributed by atoms with Crippen LogP contribution in [0.2, 0.25) is 0 Å². The highest BCUT2D eigenvalue weighted by Gasteiger charge is 2.02. The molecule has 4 heteroatoms. The molecular formula is C8H9N3O. The Bertz CT molecular complexity index is 288. The minimum atomic E-state index is -0.877. The summed E-state index contributed by atoms with van der Waals surface area (Å²) in [4.78, 5) is 0. The van der Waals surface area contributed by atoms with Gasteiger partial charge in [-0.25, -0.2) is 5.43 Å². The van der Waals surface area contributed by atoms with E-state index in [0.29, 0.717) is 11.1 Å². The first-order chi connectivity index (χ1) is 5.77. The third-order valence-electron chi connectivity index (χ3n) is 1.51. The molecule has 0 saturated carbocycles. The van der Waals surface area contributed by atoms with Gasteiger partial charge in [0, 0.05) is 0 Å². The van der Waals surface area contributed by atoms with E-state index in [9.17, 15) is 5.11 Å². The average Bonchev–Trinajstić information content (AvgIpc) is 2.17. The van der Waals surface area contributed by atoms with Gasteiger partial charge in [-0.15, -0.1) is 0 Å². The predicted molar refractivity (Wildman–Crippen MR) is 43.4 cm³/mol. The summed E-state index contributed by atoms with van der Waals surface area (Å²) in [5, 5.41) is 17.6. The largest absolute Gasteiger partial charge is 0.373 e.